The summed E-state index contributed by atoms with van der Waals surface area (Å²) < 4.78 is 29.6. The Morgan fingerprint density at radius 3 is 2.51 bits per heavy atom. The van der Waals surface area contributed by atoms with Gasteiger partial charge < -0.3 is 15.2 Å². The molecule has 0 saturated heterocycles. The van der Waals surface area contributed by atoms with E-state index in [1.807, 2.05) is 48.0 Å². The van der Waals surface area contributed by atoms with Crippen LogP contribution in [-0.2, 0) is 11.3 Å². The summed E-state index contributed by atoms with van der Waals surface area (Å²) >= 11 is 7.52. The van der Waals surface area contributed by atoms with E-state index in [1.54, 1.807) is 12.1 Å². The van der Waals surface area contributed by atoms with Crippen LogP contribution in [0, 0.1) is 18.6 Å². The van der Waals surface area contributed by atoms with Crippen LogP contribution in [0.2, 0.25) is 5.02 Å². The normalized spacial score (nSPS) is 11.0. The monoisotopic (exact) mass is 513 g/mol. The summed E-state index contributed by atoms with van der Waals surface area (Å²) in [5.41, 5.74) is 1.90. The third-order valence-corrected chi connectivity index (χ3v) is 6.84. The summed E-state index contributed by atoms with van der Waals surface area (Å²) in [7, 11) is 0. The lowest BCUT2D eigenvalue weighted by Crippen LogP contribution is -2.28. The molecule has 0 aliphatic heterocycles. The molecule has 0 fully saturated rings. The zero-order valence-electron chi connectivity index (χ0n) is 18.8. The predicted molar refractivity (Wildman–Crippen MR) is 136 cm³/mol. The fourth-order valence-corrected chi connectivity index (χ4v) is 4.69. The van der Waals surface area contributed by atoms with E-state index < -0.39 is 23.1 Å². The summed E-state index contributed by atoms with van der Waals surface area (Å²) in [6, 6.07) is 16.4. The third-order valence-electron chi connectivity index (χ3n) is 5.39. The first-order chi connectivity index (χ1) is 16.8. The largest absolute Gasteiger partial charge is 0.350 e. The Bertz CT molecular complexity index is 1390. The average Bonchev–Trinajstić information content (AvgIpc) is 3.18. The van der Waals surface area contributed by atoms with Gasteiger partial charge in [-0.1, -0.05) is 41.9 Å². The maximum Gasteiger partial charge on any atom is 0.257 e. The zero-order valence-corrected chi connectivity index (χ0v) is 20.4. The van der Waals surface area contributed by atoms with Crippen molar-refractivity contribution in [3.8, 4) is 0 Å². The van der Waals surface area contributed by atoms with Gasteiger partial charge in [0.05, 0.1) is 5.75 Å². The van der Waals surface area contributed by atoms with Crippen molar-refractivity contribution < 1.29 is 18.4 Å². The van der Waals surface area contributed by atoms with Crippen LogP contribution in [0.5, 0.6) is 0 Å². The Labute approximate surface area is 210 Å². The molecule has 2 amide bonds. The fraction of sp³-hybridized carbons (Fsp3) is 0.154. The van der Waals surface area contributed by atoms with E-state index >= 15 is 0 Å². The van der Waals surface area contributed by atoms with Crippen molar-refractivity contribution in [2.75, 3.05) is 17.6 Å². The Kier molecular flexibility index (Phi) is 7.73. The second-order valence-electron chi connectivity index (χ2n) is 7.86. The molecule has 1 aromatic heterocycles. The molecule has 0 spiro atoms. The number of nitrogens with zero attached hydrogens (tertiary/aromatic N) is 1. The molecule has 0 aliphatic rings. The first kappa shape index (κ1) is 24.8. The second kappa shape index (κ2) is 10.9. The highest BCUT2D eigenvalue weighted by Gasteiger charge is 2.17. The molecular formula is C26H22ClF2N3O2S. The van der Waals surface area contributed by atoms with E-state index in [0.29, 0.717) is 17.3 Å². The van der Waals surface area contributed by atoms with Gasteiger partial charge in [0, 0.05) is 45.8 Å². The van der Waals surface area contributed by atoms with Crippen LogP contribution >= 0.6 is 23.4 Å². The molecule has 1 heterocycles. The number of fused-ring (bicyclic) bond motifs is 1. The van der Waals surface area contributed by atoms with Crippen LogP contribution < -0.4 is 10.6 Å². The standard InChI is InChI=1S/C26H22ClF2N3O2S/c1-16-9-10-17(13-19(16)27)31-24(33)15-35-23-14-32(22-8-3-2-5-18(22)23)12-11-30-26(34)25-20(28)6-4-7-21(25)29/h2-10,13-14H,11-12,15H2,1H3,(H,30,34)(H,31,33). The Balaban J connectivity index is 1.40. The van der Waals surface area contributed by atoms with Gasteiger partial charge in [-0.15, -0.1) is 11.8 Å². The number of para-hydroxylation sites is 1. The van der Waals surface area contributed by atoms with Crippen molar-refractivity contribution in [3.63, 3.8) is 0 Å². The maximum atomic E-state index is 13.8. The summed E-state index contributed by atoms with van der Waals surface area (Å²) in [5, 5.41) is 6.97. The number of anilines is 1. The van der Waals surface area contributed by atoms with Crippen LogP contribution in [0.4, 0.5) is 14.5 Å². The van der Waals surface area contributed by atoms with E-state index in [0.717, 1.165) is 33.5 Å². The van der Waals surface area contributed by atoms with Gasteiger partial charge in [0.1, 0.15) is 17.2 Å². The highest BCUT2D eigenvalue weighted by molar-refractivity contribution is 8.00. The predicted octanol–water partition coefficient (Wildman–Crippen LogP) is 6.04. The van der Waals surface area contributed by atoms with Crippen LogP contribution in [0.25, 0.3) is 10.9 Å². The molecule has 4 aromatic rings. The summed E-state index contributed by atoms with van der Waals surface area (Å²) in [6.07, 6.45) is 1.90. The molecule has 0 radical (unpaired) electrons. The summed E-state index contributed by atoms with van der Waals surface area (Å²) in [5.74, 6) is -2.58. The van der Waals surface area contributed by atoms with Crippen molar-refractivity contribution in [3.05, 3.63) is 94.6 Å². The molecule has 0 saturated carbocycles. The van der Waals surface area contributed by atoms with Crippen molar-refractivity contribution >= 4 is 51.8 Å². The fourth-order valence-electron chi connectivity index (χ4n) is 3.62. The minimum atomic E-state index is -0.904. The van der Waals surface area contributed by atoms with E-state index in [9.17, 15) is 18.4 Å². The van der Waals surface area contributed by atoms with Gasteiger partial charge in [-0.2, -0.15) is 0 Å². The number of halogens is 3. The average molecular weight is 514 g/mol. The minimum Gasteiger partial charge on any atom is -0.350 e. The zero-order chi connectivity index (χ0) is 24.9. The number of hydrogen-bond acceptors (Lipinski definition) is 3. The summed E-state index contributed by atoms with van der Waals surface area (Å²) in [6.45, 7) is 2.45. The number of aryl methyl sites for hydroxylation is 1. The van der Waals surface area contributed by atoms with Crippen LogP contribution in [0.15, 0.2) is 71.8 Å². The molecule has 35 heavy (non-hydrogen) atoms. The molecule has 180 valence electrons. The van der Waals surface area contributed by atoms with Crippen LogP contribution in [0.3, 0.4) is 0 Å². The summed E-state index contributed by atoms with van der Waals surface area (Å²) in [4.78, 5) is 25.6. The van der Waals surface area contributed by atoms with E-state index in [2.05, 4.69) is 10.6 Å². The Morgan fingerprint density at radius 2 is 1.77 bits per heavy atom. The molecule has 0 aliphatic carbocycles. The number of benzene rings is 3. The number of rotatable bonds is 8. The maximum absolute atomic E-state index is 13.8. The highest BCUT2D eigenvalue weighted by Crippen LogP contribution is 2.30. The first-order valence-corrected chi connectivity index (χ1v) is 12.2. The van der Waals surface area contributed by atoms with E-state index in [-0.39, 0.29) is 18.2 Å². The number of aromatic nitrogens is 1. The van der Waals surface area contributed by atoms with Crippen molar-refractivity contribution in [1.82, 2.24) is 9.88 Å². The highest BCUT2D eigenvalue weighted by atomic mass is 35.5. The van der Waals surface area contributed by atoms with Crippen LogP contribution in [-0.4, -0.2) is 28.7 Å². The Hall–Kier alpha value is -3.36. The number of thioether (sulfide) groups is 1. The second-order valence-corrected chi connectivity index (χ2v) is 9.28. The van der Waals surface area contributed by atoms with Crippen molar-refractivity contribution in [1.29, 1.82) is 0 Å². The van der Waals surface area contributed by atoms with Crippen molar-refractivity contribution in [2.24, 2.45) is 0 Å². The molecule has 5 nitrogen and oxygen atoms in total. The van der Waals surface area contributed by atoms with Crippen LogP contribution in [0.1, 0.15) is 15.9 Å². The van der Waals surface area contributed by atoms with Gasteiger partial charge in [-0.25, -0.2) is 8.78 Å². The molecule has 0 bridgehead atoms. The molecule has 0 unspecified atom stereocenters. The lowest BCUT2D eigenvalue weighted by molar-refractivity contribution is -0.113. The number of amides is 2. The topological polar surface area (TPSA) is 63.1 Å². The third kappa shape index (κ3) is 5.83. The Morgan fingerprint density at radius 1 is 1.03 bits per heavy atom. The van der Waals surface area contributed by atoms with E-state index in [4.69, 9.17) is 11.6 Å². The van der Waals surface area contributed by atoms with Gasteiger partial charge in [0.25, 0.3) is 5.91 Å². The lowest BCUT2D eigenvalue weighted by atomic mass is 10.2. The smallest absolute Gasteiger partial charge is 0.257 e. The van der Waals surface area contributed by atoms with E-state index in [1.165, 1.54) is 17.8 Å². The number of nitrogens with one attached hydrogen (secondary N) is 2. The number of carbonyl (C=O) groups is 2. The van der Waals surface area contributed by atoms with Crippen molar-refractivity contribution in [2.45, 2.75) is 18.4 Å². The van der Waals surface area contributed by atoms with Gasteiger partial charge in [-0.05, 0) is 42.8 Å². The molecule has 0 atom stereocenters. The molecule has 2 N–H and O–H groups in total. The minimum absolute atomic E-state index is 0.161. The molecular weight excluding hydrogens is 492 g/mol. The number of carbonyl (C=O) groups excluding carboxylic acids is 2. The van der Waals surface area contributed by atoms with Gasteiger partial charge in [-0.3, -0.25) is 9.59 Å². The quantitative estimate of drug-likeness (QED) is 0.282. The van der Waals surface area contributed by atoms with Gasteiger partial charge in [0.2, 0.25) is 5.91 Å². The molecule has 3 aromatic carbocycles. The first-order valence-electron chi connectivity index (χ1n) is 10.8. The molecule has 4 rings (SSSR count). The van der Waals surface area contributed by atoms with Gasteiger partial charge >= 0.3 is 0 Å². The number of hydrogen-bond donors (Lipinski definition) is 2. The SMILES string of the molecule is Cc1ccc(NC(=O)CSc2cn(CCNC(=O)c3c(F)cccc3F)c3ccccc23)cc1Cl. The molecule has 9 heteroatoms. The lowest BCUT2D eigenvalue weighted by Gasteiger charge is -2.09. The van der Waals surface area contributed by atoms with Gasteiger partial charge in [0.15, 0.2) is 0 Å².